The lowest BCUT2D eigenvalue weighted by Crippen LogP contribution is -2.11. The molecule has 1 unspecified atom stereocenters. The van der Waals surface area contributed by atoms with E-state index in [1.807, 2.05) is 0 Å². The summed E-state index contributed by atoms with van der Waals surface area (Å²) in [6.07, 6.45) is 3.20. The highest BCUT2D eigenvalue weighted by atomic mass is 35.5. The number of rotatable bonds is 8. The van der Waals surface area contributed by atoms with Crippen LogP contribution in [0.25, 0.3) is 0 Å². The Kier molecular flexibility index (Phi) is 7.30. The Morgan fingerprint density at radius 3 is 2.65 bits per heavy atom. The van der Waals surface area contributed by atoms with Gasteiger partial charge in [0, 0.05) is 19.1 Å². The minimum absolute atomic E-state index is 0.523. The van der Waals surface area contributed by atoms with E-state index >= 15 is 0 Å². The van der Waals surface area contributed by atoms with Gasteiger partial charge in [-0.3, -0.25) is 0 Å². The molecule has 0 fully saturated rings. The Hall–Kier alpha value is -0.530. The van der Waals surface area contributed by atoms with E-state index in [9.17, 15) is 0 Å². The van der Waals surface area contributed by atoms with E-state index in [1.54, 1.807) is 0 Å². The molecule has 1 aromatic rings. The van der Waals surface area contributed by atoms with Crippen molar-refractivity contribution in [1.82, 2.24) is 0 Å². The highest BCUT2D eigenvalue weighted by molar-refractivity contribution is 6.18. The molecule has 1 rings (SSSR count). The molecule has 0 saturated heterocycles. The van der Waals surface area contributed by atoms with Crippen LogP contribution in [0.3, 0.4) is 0 Å². The summed E-state index contributed by atoms with van der Waals surface area (Å²) in [6, 6.07) is 8.54. The number of alkyl halides is 1. The molecule has 0 aromatic heterocycles. The highest BCUT2D eigenvalue weighted by Crippen LogP contribution is 2.17. The van der Waals surface area contributed by atoms with Gasteiger partial charge >= 0.3 is 0 Å². The van der Waals surface area contributed by atoms with Gasteiger partial charge in [0.25, 0.3) is 0 Å². The molecule has 0 N–H and O–H groups in total. The van der Waals surface area contributed by atoms with Crippen molar-refractivity contribution in [3.05, 3.63) is 35.4 Å². The summed E-state index contributed by atoms with van der Waals surface area (Å²) in [5, 5.41) is 0. The molecule has 0 saturated carbocycles. The van der Waals surface area contributed by atoms with Gasteiger partial charge in [0.15, 0.2) is 0 Å². The van der Waals surface area contributed by atoms with Crippen LogP contribution in [0.5, 0.6) is 0 Å². The molecule has 0 spiro atoms. The van der Waals surface area contributed by atoms with E-state index in [0.29, 0.717) is 11.8 Å². The van der Waals surface area contributed by atoms with Crippen molar-refractivity contribution in [2.75, 3.05) is 19.1 Å². The van der Waals surface area contributed by atoms with Gasteiger partial charge in [0.1, 0.15) is 0 Å². The number of hydrogen-bond acceptors (Lipinski definition) is 1. The van der Waals surface area contributed by atoms with Crippen LogP contribution >= 0.6 is 11.6 Å². The van der Waals surface area contributed by atoms with Gasteiger partial charge in [0.2, 0.25) is 0 Å². The normalized spacial score (nSPS) is 12.6. The van der Waals surface area contributed by atoms with Crippen molar-refractivity contribution in [2.45, 2.75) is 33.1 Å². The summed E-state index contributed by atoms with van der Waals surface area (Å²) in [7, 11) is 0. The average molecular weight is 255 g/mol. The molecule has 0 heterocycles. The molecule has 96 valence electrons. The number of ether oxygens (including phenoxy) is 1. The second-order valence-electron chi connectivity index (χ2n) is 4.55. The van der Waals surface area contributed by atoms with Gasteiger partial charge in [-0.1, -0.05) is 31.2 Å². The van der Waals surface area contributed by atoms with Gasteiger partial charge < -0.3 is 4.74 Å². The SMILES string of the molecule is CCCOCCC(CCl)Cc1ccccc1C. The number of halogens is 1. The molecule has 0 aliphatic heterocycles. The maximum Gasteiger partial charge on any atom is 0.0469 e. The topological polar surface area (TPSA) is 9.23 Å². The summed E-state index contributed by atoms with van der Waals surface area (Å²) in [4.78, 5) is 0. The van der Waals surface area contributed by atoms with Gasteiger partial charge in [-0.05, 0) is 43.2 Å². The molecule has 0 radical (unpaired) electrons. The van der Waals surface area contributed by atoms with E-state index in [2.05, 4.69) is 38.1 Å². The molecule has 0 amide bonds. The van der Waals surface area contributed by atoms with Crippen molar-refractivity contribution in [1.29, 1.82) is 0 Å². The molecule has 1 aromatic carbocycles. The van der Waals surface area contributed by atoms with Gasteiger partial charge in [0.05, 0.1) is 0 Å². The van der Waals surface area contributed by atoms with E-state index in [4.69, 9.17) is 16.3 Å². The zero-order valence-electron chi connectivity index (χ0n) is 10.9. The summed E-state index contributed by atoms with van der Waals surface area (Å²) in [5.74, 6) is 1.23. The van der Waals surface area contributed by atoms with E-state index < -0.39 is 0 Å². The van der Waals surface area contributed by atoms with Crippen LogP contribution in [0.15, 0.2) is 24.3 Å². The van der Waals surface area contributed by atoms with E-state index in [0.717, 1.165) is 32.5 Å². The maximum absolute atomic E-state index is 6.03. The predicted molar refractivity (Wildman–Crippen MR) is 74.8 cm³/mol. The van der Waals surface area contributed by atoms with Crippen LogP contribution in [-0.4, -0.2) is 19.1 Å². The summed E-state index contributed by atoms with van der Waals surface area (Å²) in [5.41, 5.74) is 2.77. The molecule has 1 nitrogen and oxygen atoms in total. The second kappa shape index (κ2) is 8.54. The van der Waals surface area contributed by atoms with Crippen LogP contribution in [0.1, 0.15) is 30.9 Å². The Morgan fingerprint density at radius 1 is 1.24 bits per heavy atom. The van der Waals surface area contributed by atoms with Crippen molar-refractivity contribution >= 4 is 11.6 Å². The minimum Gasteiger partial charge on any atom is -0.381 e. The summed E-state index contributed by atoms with van der Waals surface area (Å²) < 4.78 is 5.52. The van der Waals surface area contributed by atoms with Gasteiger partial charge in [-0.25, -0.2) is 0 Å². The lowest BCUT2D eigenvalue weighted by atomic mass is 9.95. The van der Waals surface area contributed by atoms with Crippen LogP contribution in [0.2, 0.25) is 0 Å². The minimum atomic E-state index is 0.523. The van der Waals surface area contributed by atoms with Crippen molar-refractivity contribution < 1.29 is 4.74 Å². The fourth-order valence-corrected chi connectivity index (χ4v) is 2.14. The molecular weight excluding hydrogens is 232 g/mol. The highest BCUT2D eigenvalue weighted by Gasteiger charge is 2.09. The van der Waals surface area contributed by atoms with Gasteiger partial charge in [-0.2, -0.15) is 0 Å². The number of aryl methyl sites for hydroxylation is 1. The Labute approximate surface area is 110 Å². The fourth-order valence-electron chi connectivity index (χ4n) is 1.88. The fraction of sp³-hybridized carbons (Fsp3) is 0.600. The Morgan fingerprint density at radius 2 is 2.00 bits per heavy atom. The molecular formula is C15H23ClO. The first-order valence-corrected chi connectivity index (χ1v) is 6.99. The van der Waals surface area contributed by atoms with E-state index in [1.165, 1.54) is 11.1 Å². The predicted octanol–water partition coefficient (Wildman–Crippen LogP) is 4.21. The van der Waals surface area contributed by atoms with Crippen molar-refractivity contribution in [3.63, 3.8) is 0 Å². The second-order valence-corrected chi connectivity index (χ2v) is 4.86. The van der Waals surface area contributed by atoms with E-state index in [-0.39, 0.29) is 0 Å². The molecule has 17 heavy (non-hydrogen) atoms. The molecule has 0 aliphatic carbocycles. The largest absolute Gasteiger partial charge is 0.381 e. The smallest absolute Gasteiger partial charge is 0.0469 e. The maximum atomic E-state index is 6.03. The summed E-state index contributed by atoms with van der Waals surface area (Å²) in [6.45, 7) is 5.98. The van der Waals surface area contributed by atoms with Crippen LogP contribution in [-0.2, 0) is 11.2 Å². The average Bonchev–Trinajstić information content (AvgIpc) is 2.35. The standard InChI is InChI=1S/C15H23ClO/c1-3-9-17-10-8-14(12-16)11-15-7-5-4-6-13(15)2/h4-7,14H,3,8-12H2,1-2H3. The van der Waals surface area contributed by atoms with Crippen LogP contribution < -0.4 is 0 Å². The lowest BCUT2D eigenvalue weighted by Gasteiger charge is -2.15. The third-order valence-corrected chi connectivity index (χ3v) is 3.44. The van der Waals surface area contributed by atoms with Crippen LogP contribution in [0.4, 0.5) is 0 Å². The third-order valence-electron chi connectivity index (χ3n) is 3.01. The first kappa shape index (κ1) is 14.5. The third kappa shape index (κ3) is 5.56. The molecule has 1 atom stereocenters. The van der Waals surface area contributed by atoms with Gasteiger partial charge in [-0.15, -0.1) is 11.6 Å². The van der Waals surface area contributed by atoms with Crippen LogP contribution in [0, 0.1) is 12.8 Å². The Bertz CT molecular complexity index is 312. The molecule has 0 bridgehead atoms. The van der Waals surface area contributed by atoms with Crippen molar-refractivity contribution in [3.8, 4) is 0 Å². The number of hydrogen-bond donors (Lipinski definition) is 0. The zero-order valence-corrected chi connectivity index (χ0v) is 11.7. The summed E-state index contributed by atoms with van der Waals surface area (Å²) >= 11 is 6.03. The monoisotopic (exact) mass is 254 g/mol. The molecule has 0 aliphatic rings. The zero-order chi connectivity index (χ0) is 12.5. The lowest BCUT2D eigenvalue weighted by molar-refractivity contribution is 0.122. The first-order chi connectivity index (χ1) is 8.27. The first-order valence-electron chi connectivity index (χ1n) is 6.46. The van der Waals surface area contributed by atoms with Crippen molar-refractivity contribution in [2.24, 2.45) is 5.92 Å². The Balaban J connectivity index is 2.38. The number of benzene rings is 1. The quantitative estimate of drug-likeness (QED) is 0.499. The molecule has 2 heteroatoms.